The first-order chi connectivity index (χ1) is 7.72. The highest BCUT2D eigenvalue weighted by atomic mass is 16.5. The third-order valence-corrected chi connectivity index (χ3v) is 2.04. The molecule has 6 nitrogen and oxygen atoms in total. The Balaban J connectivity index is 2.88. The fraction of sp³-hybridized carbons (Fsp3) is 0.600. The van der Waals surface area contributed by atoms with Gasteiger partial charge in [0.25, 0.3) is 0 Å². The molecular weight excluding hydrogens is 208 g/mol. The lowest BCUT2D eigenvalue weighted by Crippen LogP contribution is -2.11. The monoisotopic (exact) mass is 226 g/mol. The minimum Gasteiger partial charge on any atom is -0.474 e. The number of anilines is 2. The van der Waals surface area contributed by atoms with E-state index in [1.165, 1.54) is 0 Å². The van der Waals surface area contributed by atoms with E-state index in [-0.39, 0.29) is 0 Å². The summed E-state index contributed by atoms with van der Waals surface area (Å²) in [7, 11) is 3.38. The first-order valence-corrected chi connectivity index (χ1v) is 5.18. The molecule has 0 radical (unpaired) electrons. The highest BCUT2D eigenvalue weighted by Gasteiger charge is 2.10. The summed E-state index contributed by atoms with van der Waals surface area (Å²) in [5.41, 5.74) is 6.27. The number of nitrogens with two attached hydrogens (primary N) is 1. The van der Waals surface area contributed by atoms with E-state index in [9.17, 15) is 0 Å². The maximum atomic E-state index is 5.85. The molecule has 0 aromatic carbocycles. The van der Waals surface area contributed by atoms with Crippen molar-refractivity contribution in [3.05, 3.63) is 5.82 Å². The number of aromatic nitrogens is 2. The van der Waals surface area contributed by atoms with Crippen LogP contribution in [0.4, 0.5) is 11.5 Å². The van der Waals surface area contributed by atoms with E-state index in [4.69, 9.17) is 15.2 Å². The minimum absolute atomic E-state index is 0.410. The molecule has 0 bridgehead atoms. The number of rotatable bonds is 6. The van der Waals surface area contributed by atoms with Crippen LogP contribution >= 0.6 is 0 Å². The summed E-state index contributed by atoms with van der Waals surface area (Å²) < 4.78 is 10.3. The summed E-state index contributed by atoms with van der Waals surface area (Å²) in [5, 5.41) is 2.91. The van der Waals surface area contributed by atoms with Crippen LogP contribution in [0.2, 0.25) is 0 Å². The molecule has 0 spiro atoms. The Morgan fingerprint density at radius 2 is 2.06 bits per heavy atom. The third-order valence-electron chi connectivity index (χ3n) is 2.04. The first kappa shape index (κ1) is 12.5. The molecule has 0 unspecified atom stereocenters. The van der Waals surface area contributed by atoms with Crippen LogP contribution in [0.1, 0.15) is 12.7 Å². The van der Waals surface area contributed by atoms with Gasteiger partial charge >= 0.3 is 0 Å². The molecule has 0 aliphatic rings. The van der Waals surface area contributed by atoms with Gasteiger partial charge in [-0.15, -0.1) is 0 Å². The van der Waals surface area contributed by atoms with Gasteiger partial charge in [-0.3, -0.25) is 0 Å². The lowest BCUT2D eigenvalue weighted by Gasteiger charge is -2.11. The van der Waals surface area contributed by atoms with Crippen molar-refractivity contribution < 1.29 is 9.47 Å². The number of methoxy groups -OCH3 is 1. The van der Waals surface area contributed by atoms with Gasteiger partial charge in [0.2, 0.25) is 5.88 Å². The predicted octanol–water partition coefficient (Wildman–Crippen LogP) is 0.688. The van der Waals surface area contributed by atoms with Crippen molar-refractivity contribution in [3.8, 4) is 5.88 Å². The zero-order valence-electron chi connectivity index (χ0n) is 9.91. The molecule has 0 fully saturated rings. The Labute approximate surface area is 95.2 Å². The van der Waals surface area contributed by atoms with Crippen molar-refractivity contribution in [2.75, 3.05) is 38.4 Å². The molecular formula is C10H18N4O2. The molecule has 1 rings (SSSR count). The number of ether oxygens (including phenoxy) is 2. The van der Waals surface area contributed by atoms with Gasteiger partial charge in [0.15, 0.2) is 5.82 Å². The number of hydrogen-bond donors (Lipinski definition) is 2. The Morgan fingerprint density at radius 1 is 1.31 bits per heavy atom. The van der Waals surface area contributed by atoms with Gasteiger partial charge in [-0.2, -0.15) is 4.98 Å². The second-order valence-electron chi connectivity index (χ2n) is 3.15. The van der Waals surface area contributed by atoms with Gasteiger partial charge in [-0.05, 0) is 0 Å². The van der Waals surface area contributed by atoms with Gasteiger partial charge in [0, 0.05) is 20.6 Å². The molecule has 0 amide bonds. The summed E-state index contributed by atoms with van der Waals surface area (Å²) in [6.07, 6.45) is 0.732. The van der Waals surface area contributed by atoms with Crippen LogP contribution in [0.15, 0.2) is 0 Å². The van der Waals surface area contributed by atoms with Gasteiger partial charge in [-0.25, -0.2) is 4.98 Å². The summed E-state index contributed by atoms with van der Waals surface area (Å²) in [5.74, 6) is 1.71. The van der Waals surface area contributed by atoms with Crippen molar-refractivity contribution in [2.24, 2.45) is 0 Å². The van der Waals surface area contributed by atoms with Crippen LogP contribution in [-0.4, -0.2) is 37.3 Å². The fourth-order valence-corrected chi connectivity index (χ4v) is 1.17. The molecule has 6 heteroatoms. The molecule has 1 aromatic rings. The van der Waals surface area contributed by atoms with Gasteiger partial charge in [0.1, 0.15) is 18.1 Å². The van der Waals surface area contributed by atoms with E-state index >= 15 is 0 Å². The van der Waals surface area contributed by atoms with Gasteiger partial charge in [-0.1, -0.05) is 6.92 Å². The smallest absolute Gasteiger partial charge is 0.242 e. The molecule has 0 saturated heterocycles. The van der Waals surface area contributed by atoms with Crippen molar-refractivity contribution in [3.63, 3.8) is 0 Å². The van der Waals surface area contributed by atoms with Crippen molar-refractivity contribution in [2.45, 2.75) is 13.3 Å². The fourth-order valence-electron chi connectivity index (χ4n) is 1.17. The molecule has 0 saturated carbocycles. The zero-order chi connectivity index (χ0) is 12.0. The highest BCUT2D eigenvalue weighted by molar-refractivity contribution is 5.66. The van der Waals surface area contributed by atoms with E-state index in [2.05, 4.69) is 15.3 Å². The molecule has 0 aliphatic heterocycles. The number of hydrogen-bond acceptors (Lipinski definition) is 6. The van der Waals surface area contributed by atoms with E-state index in [1.54, 1.807) is 14.2 Å². The molecule has 1 aromatic heterocycles. The predicted molar refractivity (Wildman–Crippen MR) is 62.7 cm³/mol. The van der Waals surface area contributed by atoms with Crippen LogP contribution < -0.4 is 15.8 Å². The summed E-state index contributed by atoms with van der Waals surface area (Å²) >= 11 is 0. The van der Waals surface area contributed by atoms with Crippen LogP contribution in [-0.2, 0) is 11.2 Å². The molecule has 16 heavy (non-hydrogen) atoms. The SMILES string of the molecule is CCc1nc(NC)c(N)c(OCCOC)n1. The number of nitrogen functional groups attached to an aromatic ring is 1. The Hall–Kier alpha value is -1.56. The molecule has 1 heterocycles. The molecule has 0 atom stereocenters. The standard InChI is InChI=1S/C10H18N4O2/c1-4-7-13-9(12-2)8(11)10(14-7)16-6-5-15-3/h4-6,11H2,1-3H3,(H,12,13,14). The zero-order valence-corrected chi connectivity index (χ0v) is 9.91. The number of nitrogens with one attached hydrogen (secondary N) is 1. The topological polar surface area (TPSA) is 82.3 Å². The molecule has 0 aliphatic carbocycles. The maximum absolute atomic E-state index is 5.85. The van der Waals surface area contributed by atoms with Crippen LogP contribution in [0.3, 0.4) is 0 Å². The van der Waals surface area contributed by atoms with Crippen molar-refractivity contribution in [1.29, 1.82) is 0 Å². The summed E-state index contributed by atoms with van der Waals surface area (Å²) in [4.78, 5) is 8.46. The van der Waals surface area contributed by atoms with Crippen LogP contribution in [0, 0.1) is 0 Å². The average Bonchev–Trinajstić information content (AvgIpc) is 2.31. The van der Waals surface area contributed by atoms with E-state index in [0.717, 1.165) is 6.42 Å². The van der Waals surface area contributed by atoms with Gasteiger partial charge < -0.3 is 20.5 Å². The van der Waals surface area contributed by atoms with Crippen LogP contribution in [0.25, 0.3) is 0 Å². The second kappa shape index (κ2) is 6.12. The maximum Gasteiger partial charge on any atom is 0.242 e. The van der Waals surface area contributed by atoms with E-state index < -0.39 is 0 Å². The second-order valence-corrected chi connectivity index (χ2v) is 3.15. The first-order valence-electron chi connectivity index (χ1n) is 5.18. The normalized spacial score (nSPS) is 10.2. The summed E-state index contributed by atoms with van der Waals surface area (Å²) in [6.45, 7) is 2.90. The Bertz CT molecular complexity index is 344. The largest absolute Gasteiger partial charge is 0.474 e. The molecule has 90 valence electrons. The van der Waals surface area contributed by atoms with E-state index in [1.807, 2.05) is 6.92 Å². The molecule has 3 N–H and O–H groups in total. The Morgan fingerprint density at radius 3 is 2.62 bits per heavy atom. The quantitative estimate of drug-likeness (QED) is 0.694. The van der Waals surface area contributed by atoms with Crippen LogP contribution in [0.5, 0.6) is 5.88 Å². The van der Waals surface area contributed by atoms with Crippen molar-refractivity contribution >= 4 is 11.5 Å². The Kier molecular flexibility index (Phi) is 4.78. The van der Waals surface area contributed by atoms with Gasteiger partial charge in [0.05, 0.1) is 6.61 Å². The summed E-state index contributed by atoms with van der Waals surface area (Å²) in [6, 6.07) is 0. The number of nitrogens with zero attached hydrogens (tertiary/aromatic N) is 2. The highest BCUT2D eigenvalue weighted by Crippen LogP contribution is 2.25. The van der Waals surface area contributed by atoms with E-state index in [0.29, 0.717) is 36.4 Å². The lowest BCUT2D eigenvalue weighted by molar-refractivity contribution is 0.144. The minimum atomic E-state index is 0.410. The van der Waals surface area contributed by atoms with Crippen molar-refractivity contribution in [1.82, 2.24) is 9.97 Å². The number of aryl methyl sites for hydroxylation is 1. The lowest BCUT2D eigenvalue weighted by atomic mass is 10.4. The average molecular weight is 226 g/mol. The third kappa shape index (κ3) is 2.96.